The van der Waals surface area contributed by atoms with E-state index in [1.165, 1.54) is 44.9 Å². The summed E-state index contributed by atoms with van der Waals surface area (Å²) in [5.74, 6) is 0.872. The van der Waals surface area contributed by atoms with Crippen molar-refractivity contribution in [3.05, 3.63) is 0 Å². The zero-order valence-electron chi connectivity index (χ0n) is 9.80. The van der Waals surface area contributed by atoms with Crippen molar-refractivity contribution in [3.8, 4) is 0 Å². The molecule has 0 aliphatic heterocycles. The minimum absolute atomic E-state index is 0.209. The lowest BCUT2D eigenvalue weighted by molar-refractivity contribution is -0.212. The van der Waals surface area contributed by atoms with Gasteiger partial charge in [0.15, 0.2) is 0 Å². The number of carbonyl (C=O) groups is 1. The van der Waals surface area contributed by atoms with Gasteiger partial charge < -0.3 is 5.32 Å². The molecule has 0 aromatic heterocycles. The topological polar surface area (TPSA) is 29.1 Å². The third kappa shape index (κ3) is 1.24. The second kappa shape index (κ2) is 3.66. The van der Waals surface area contributed by atoms with E-state index in [4.69, 9.17) is 0 Å². The van der Waals surface area contributed by atoms with E-state index in [1.54, 1.807) is 0 Å². The first kappa shape index (κ1) is 10.9. The Hall–Kier alpha value is -0.180. The molecular weight excluding hydrogens is 218 g/mol. The van der Waals surface area contributed by atoms with Crippen LogP contribution in [0.4, 0.5) is 0 Å². The van der Waals surface area contributed by atoms with Crippen molar-refractivity contribution in [1.29, 1.82) is 0 Å². The van der Waals surface area contributed by atoms with E-state index >= 15 is 0 Å². The van der Waals surface area contributed by atoms with E-state index in [-0.39, 0.29) is 5.91 Å². The molecular formula is C13H21NOS. The van der Waals surface area contributed by atoms with Gasteiger partial charge in [0, 0.05) is 12.5 Å². The molecule has 2 nitrogen and oxygen atoms in total. The number of amides is 1. The highest BCUT2D eigenvalue weighted by Crippen LogP contribution is 2.74. The molecule has 3 aliphatic carbocycles. The van der Waals surface area contributed by atoms with E-state index < -0.39 is 0 Å². The number of hydrogen-bond donors (Lipinski definition) is 2. The number of nitrogens with one attached hydrogen (secondary N) is 1. The first-order valence-electron chi connectivity index (χ1n) is 6.63. The summed E-state index contributed by atoms with van der Waals surface area (Å²) in [7, 11) is 0. The van der Waals surface area contributed by atoms with Gasteiger partial charge in [-0.05, 0) is 48.7 Å². The normalized spacial score (nSPS) is 32.7. The summed E-state index contributed by atoms with van der Waals surface area (Å²) in [5.41, 5.74) is 1.18. The molecule has 0 aromatic carbocycles. The zero-order valence-corrected chi connectivity index (χ0v) is 10.7. The van der Waals surface area contributed by atoms with Crippen LogP contribution in [0, 0.1) is 10.8 Å². The van der Waals surface area contributed by atoms with Gasteiger partial charge in [0.05, 0.1) is 0 Å². The maximum Gasteiger partial charge on any atom is 0.221 e. The fraction of sp³-hybridized carbons (Fsp3) is 0.923. The Bertz CT molecular complexity index is 307. The molecule has 0 heterocycles. The lowest BCUT2D eigenvalue weighted by atomic mass is 9.33. The predicted molar refractivity (Wildman–Crippen MR) is 67.6 cm³/mol. The van der Waals surface area contributed by atoms with Crippen molar-refractivity contribution in [2.45, 2.75) is 57.4 Å². The largest absolute Gasteiger partial charge is 0.353 e. The van der Waals surface area contributed by atoms with Gasteiger partial charge in [-0.2, -0.15) is 12.6 Å². The smallest absolute Gasteiger partial charge is 0.221 e. The molecule has 0 aromatic rings. The minimum atomic E-state index is 0.209. The Balaban J connectivity index is 1.63. The number of carbonyl (C=O) groups excluding carboxylic acids is 1. The average Bonchev–Trinajstić information content (AvgIpc) is 2.06. The maximum absolute atomic E-state index is 11.6. The SMILES string of the molecule is O=C(CCS)NC1CC2(CCC2)C12CCC2. The Morgan fingerprint density at radius 3 is 2.38 bits per heavy atom. The van der Waals surface area contributed by atoms with E-state index in [0.29, 0.717) is 29.0 Å². The highest BCUT2D eigenvalue weighted by atomic mass is 32.1. The molecule has 1 unspecified atom stereocenters. The molecule has 0 bridgehead atoms. The van der Waals surface area contributed by atoms with Crippen LogP contribution in [0.5, 0.6) is 0 Å². The van der Waals surface area contributed by atoms with E-state index in [2.05, 4.69) is 17.9 Å². The molecule has 3 aliphatic rings. The van der Waals surface area contributed by atoms with Crippen LogP contribution in [0.1, 0.15) is 51.4 Å². The zero-order chi connectivity index (χ0) is 11.2. The first-order chi connectivity index (χ1) is 7.72. The van der Waals surface area contributed by atoms with Gasteiger partial charge in [-0.1, -0.05) is 12.8 Å². The lowest BCUT2D eigenvalue weighted by Gasteiger charge is -2.73. The number of fused-ring (bicyclic) bond motifs is 1. The fourth-order valence-electron chi connectivity index (χ4n) is 4.33. The van der Waals surface area contributed by atoms with Crippen LogP contribution in [-0.2, 0) is 4.79 Å². The number of hydrogen-bond acceptors (Lipinski definition) is 2. The summed E-state index contributed by atoms with van der Waals surface area (Å²) in [5, 5.41) is 3.25. The number of thiol groups is 1. The van der Waals surface area contributed by atoms with Crippen molar-refractivity contribution < 1.29 is 4.79 Å². The lowest BCUT2D eigenvalue weighted by Crippen LogP contribution is -2.72. The van der Waals surface area contributed by atoms with Crippen LogP contribution >= 0.6 is 12.6 Å². The van der Waals surface area contributed by atoms with Crippen molar-refractivity contribution in [2.75, 3.05) is 5.75 Å². The molecule has 1 amide bonds. The summed E-state index contributed by atoms with van der Waals surface area (Å²) in [6.07, 6.45) is 10.2. The summed E-state index contributed by atoms with van der Waals surface area (Å²) < 4.78 is 0. The van der Waals surface area contributed by atoms with Crippen molar-refractivity contribution in [3.63, 3.8) is 0 Å². The van der Waals surface area contributed by atoms with Crippen molar-refractivity contribution in [1.82, 2.24) is 5.32 Å². The van der Waals surface area contributed by atoms with E-state index in [1.807, 2.05) is 0 Å². The van der Waals surface area contributed by atoms with Crippen LogP contribution < -0.4 is 5.32 Å². The highest BCUT2D eigenvalue weighted by Gasteiger charge is 2.69. The quantitative estimate of drug-likeness (QED) is 0.728. The van der Waals surface area contributed by atoms with Crippen LogP contribution in [0.3, 0.4) is 0 Å². The maximum atomic E-state index is 11.6. The standard InChI is InChI=1S/C13H21NOS/c15-11(3-8-16)14-10-9-12(4-1-5-12)13(10)6-2-7-13/h10,16H,1-9H2,(H,14,15). The Morgan fingerprint density at radius 2 is 1.94 bits per heavy atom. The molecule has 2 spiro atoms. The molecule has 0 saturated heterocycles. The van der Waals surface area contributed by atoms with Gasteiger partial charge >= 0.3 is 0 Å². The Kier molecular flexibility index (Phi) is 2.50. The monoisotopic (exact) mass is 239 g/mol. The molecule has 1 atom stereocenters. The van der Waals surface area contributed by atoms with Gasteiger partial charge in [-0.25, -0.2) is 0 Å². The van der Waals surface area contributed by atoms with Crippen molar-refractivity contribution >= 4 is 18.5 Å². The molecule has 0 radical (unpaired) electrons. The van der Waals surface area contributed by atoms with Gasteiger partial charge in [0.2, 0.25) is 5.91 Å². The first-order valence-corrected chi connectivity index (χ1v) is 7.26. The average molecular weight is 239 g/mol. The van der Waals surface area contributed by atoms with Crippen LogP contribution in [0.25, 0.3) is 0 Å². The second-order valence-electron chi connectivity index (χ2n) is 5.94. The van der Waals surface area contributed by atoms with Crippen LogP contribution in [-0.4, -0.2) is 17.7 Å². The fourth-order valence-corrected chi connectivity index (χ4v) is 4.53. The highest BCUT2D eigenvalue weighted by molar-refractivity contribution is 7.80. The van der Waals surface area contributed by atoms with Gasteiger partial charge in [0.25, 0.3) is 0 Å². The number of rotatable bonds is 3. The molecule has 3 heteroatoms. The minimum Gasteiger partial charge on any atom is -0.353 e. The predicted octanol–water partition coefficient (Wildman–Crippen LogP) is 2.54. The van der Waals surface area contributed by atoms with Gasteiger partial charge in [-0.15, -0.1) is 0 Å². The van der Waals surface area contributed by atoms with Gasteiger partial charge in [0.1, 0.15) is 0 Å². The second-order valence-corrected chi connectivity index (χ2v) is 6.39. The van der Waals surface area contributed by atoms with E-state index in [9.17, 15) is 4.79 Å². The van der Waals surface area contributed by atoms with Gasteiger partial charge in [-0.3, -0.25) is 4.79 Å². The molecule has 3 fully saturated rings. The Morgan fingerprint density at radius 1 is 1.25 bits per heavy atom. The Labute approximate surface area is 103 Å². The molecule has 3 saturated carbocycles. The van der Waals surface area contributed by atoms with E-state index in [0.717, 1.165) is 0 Å². The summed E-state index contributed by atoms with van der Waals surface area (Å²) in [6, 6.07) is 0.494. The van der Waals surface area contributed by atoms with Crippen LogP contribution in [0.15, 0.2) is 0 Å². The molecule has 16 heavy (non-hydrogen) atoms. The third-order valence-corrected chi connectivity index (χ3v) is 5.77. The van der Waals surface area contributed by atoms with Crippen molar-refractivity contribution in [2.24, 2.45) is 10.8 Å². The summed E-state index contributed by atoms with van der Waals surface area (Å²) >= 11 is 4.11. The molecule has 1 N–H and O–H groups in total. The third-order valence-electron chi connectivity index (χ3n) is 5.55. The molecule has 90 valence electrons. The molecule has 3 rings (SSSR count). The summed E-state index contributed by atoms with van der Waals surface area (Å²) in [4.78, 5) is 11.6. The van der Waals surface area contributed by atoms with Crippen LogP contribution in [0.2, 0.25) is 0 Å². The summed E-state index contributed by atoms with van der Waals surface area (Å²) in [6.45, 7) is 0.